The van der Waals surface area contributed by atoms with Crippen LogP contribution in [0.1, 0.15) is 6.92 Å². The van der Waals surface area contributed by atoms with Crippen molar-refractivity contribution in [1.29, 1.82) is 0 Å². The molecule has 0 aliphatic heterocycles. The minimum Gasteiger partial charge on any atom is -0.491 e. The predicted molar refractivity (Wildman–Crippen MR) is 98.4 cm³/mol. The first kappa shape index (κ1) is 21.3. The molecule has 121 valence electrons. The van der Waals surface area contributed by atoms with E-state index < -0.39 is 0 Å². The summed E-state index contributed by atoms with van der Waals surface area (Å²) in [4.78, 5) is 12.2. The van der Waals surface area contributed by atoms with Gasteiger partial charge < -0.3 is 14.0 Å². The molecule has 0 aliphatic rings. The van der Waals surface area contributed by atoms with Gasteiger partial charge in [-0.25, -0.2) is 0 Å². The molecule has 0 bridgehead atoms. The Bertz CT molecular complexity index is 721. The maximum atomic E-state index is 12.2. The molecule has 1 aromatic carbocycles. The number of hydrogen-bond donors (Lipinski definition) is 0. The largest absolute Gasteiger partial charge is 0.491 e. The number of aromatic nitrogens is 1. The summed E-state index contributed by atoms with van der Waals surface area (Å²) >= 11 is 5.58. The summed E-state index contributed by atoms with van der Waals surface area (Å²) in [7, 11) is 1.64. The Hall–Kier alpha value is 0.244. The molecular weight excluding hydrogens is 550 g/mol. The van der Waals surface area contributed by atoms with Gasteiger partial charge in [0.1, 0.15) is 12.4 Å². The molecule has 0 saturated heterocycles. The van der Waals surface area contributed by atoms with Crippen LogP contribution < -0.4 is 10.3 Å². The zero-order chi connectivity index (χ0) is 16.1. The van der Waals surface area contributed by atoms with Gasteiger partial charge in [-0.1, -0.05) is 27.2 Å². The van der Waals surface area contributed by atoms with Crippen molar-refractivity contribution in [2.45, 2.75) is 13.5 Å². The Morgan fingerprint density at radius 3 is 2.70 bits per heavy atom. The van der Waals surface area contributed by atoms with Crippen molar-refractivity contribution in [3.8, 4) is 17.0 Å². The van der Waals surface area contributed by atoms with Gasteiger partial charge in [-0.15, -0.1) is 28.7 Å². The van der Waals surface area contributed by atoms with E-state index in [-0.39, 0.29) is 38.3 Å². The van der Waals surface area contributed by atoms with E-state index in [2.05, 4.69) is 22.0 Å². The minimum absolute atomic E-state index is 0. The Labute approximate surface area is 183 Å². The number of ether oxygens (including phenoxy) is 2. The van der Waals surface area contributed by atoms with Crippen LogP contribution in [0.15, 0.2) is 33.5 Å². The second kappa shape index (κ2) is 10.3. The van der Waals surface area contributed by atoms with E-state index in [9.17, 15) is 4.79 Å². The van der Waals surface area contributed by atoms with E-state index in [0.717, 1.165) is 21.5 Å². The summed E-state index contributed by atoms with van der Waals surface area (Å²) in [5, 5.41) is 0. The van der Waals surface area contributed by atoms with Crippen LogP contribution in [0.3, 0.4) is 0 Å². The summed E-state index contributed by atoms with van der Waals surface area (Å²) in [5.74, 6) is 0.753. The molecule has 2 rings (SSSR count). The number of halogens is 2. The van der Waals surface area contributed by atoms with Crippen LogP contribution in [0.2, 0.25) is 0 Å². The second-order valence-corrected chi connectivity index (χ2v) is 6.53. The van der Waals surface area contributed by atoms with E-state index >= 15 is 0 Å². The topological polar surface area (TPSA) is 40.5 Å². The van der Waals surface area contributed by atoms with Crippen molar-refractivity contribution in [1.82, 2.24) is 4.57 Å². The smallest absolute Gasteiger partial charge is 0.207 e. The van der Waals surface area contributed by atoms with Gasteiger partial charge in [0.05, 0.1) is 6.61 Å². The molecule has 0 N–H and O–H groups in total. The summed E-state index contributed by atoms with van der Waals surface area (Å²) in [6.45, 7) is 3.59. The quantitative estimate of drug-likeness (QED) is 0.305. The number of rotatable bonds is 6. The molecule has 0 aliphatic carbocycles. The third-order valence-electron chi connectivity index (χ3n) is 3.12. The first-order valence-corrected chi connectivity index (χ1v) is 8.68. The van der Waals surface area contributed by atoms with E-state index in [0.29, 0.717) is 23.3 Å². The molecule has 0 amide bonds. The number of benzene rings is 1. The third kappa shape index (κ3) is 5.36. The van der Waals surface area contributed by atoms with Crippen LogP contribution in [0.25, 0.3) is 11.3 Å². The number of nitrogens with zero attached hydrogens (tertiary/aromatic N) is 1. The fraction of sp³-hybridized carbons (Fsp3) is 0.312. The fourth-order valence-corrected chi connectivity index (χ4v) is 3.04. The van der Waals surface area contributed by atoms with Crippen molar-refractivity contribution >= 4 is 38.5 Å². The average Bonchev–Trinajstić information content (AvgIpc) is 2.51. The van der Waals surface area contributed by atoms with Gasteiger partial charge in [0.15, 0.2) is 0 Å². The molecule has 1 aromatic heterocycles. The molecule has 1 heterocycles. The van der Waals surface area contributed by atoms with Gasteiger partial charge >= 0.3 is 0 Å². The van der Waals surface area contributed by atoms with Crippen molar-refractivity contribution in [3.63, 3.8) is 0 Å². The maximum Gasteiger partial charge on any atom is 0.207 e. The standard InChI is InChI=1S/C16H16BrINO3.Y/c1-3-19-15(7-6-14(18)16(19)20)12-5-4-11(10-13(12)17)22-9-8-21-2;/h4-6,10H,3,8-9H2,1-2H3;/q-1;. The Morgan fingerprint density at radius 2 is 2.09 bits per heavy atom. The fourth-order valence-electron chi connectivity index (χ4n) is 2.05. The molecule has 7 heteroatoms. The molecule has 0 atom stereocenters. The summed E-state index contributed by atoms with van der Waals surface area (Å²) in [6, 6.07) is 10.6. The third-order valence-corrected chi connectivity index (χ3v) is 4.55. The SMILES string of the molecule is CCn1c(-c2ccc(OCCOC)cc2Br)[c-]cc(I)c1=O.[Y]. The van der Waals surface area contributed by atoms with E-state index in [1.54, 1.807) is 17.7 Å². The van der Waals surface area contributed by atoms with Gasteiger partial charge in [0.2, 0.25) is 5.56 Å². The maximum absolute atomic E-state index is 12.2. The number of pyridine rings is 1. The molecule has 0 saturated carbocycles. The molecule has 0 spiro atoms. The molecule has 0 fully saturated rings. The van der Waals surface area contributed by atoms with Crippen molar-refractivity contribution in [3.05, 3.63) is 48.7 Å². The normalized spacial score (nSPS) is 10.3. The Morgan fingerprint density at radius 1 is 1.35 bits per heavy atom. The molecule has 4 nitrogen and oxygen atoms in total. The van der Waals surface area contributed by atoms with Crippen molar-refractivity contribution < 1.29 is 42.2 Å². The van der Waals surface area contributed by atoms with Gasteiger partial charge in [0, 0.05) is 46.4 Å². The minimum atomic E-state index is 0. The van der Waals surface area contributed by atoms with Crippen LogP contribution in [0.5, 0.6) is 5.75 Å². The zero-order valence-electron chi connectivity index (χ0n) is 12.9. The van der Waals surface area contributed by atoms with Gasteiger partial charge in [-0.05, 0) is 27.1 Å². The average molecular weight is 566 g/mol. The molecule has 2 aromatic rings. The molecule has 23 heavy (non-hydrogen) atoms. The Balaban J connectivity index is 0.00000264. The number of methoxy groups -OCH3 is 1. The zero-order valence-corrected chi connectivity index (χ0v) is 19.5. The van der Waals surface area contributed by atoms with Crippen LogP contribution in [-0.2, 0) is 44.0 Å². The number of hydrogen-bond acceptors (Lipinski definition) is 3. The summed E-state index contributed by atoms with van der Waals surface area (Å²) in [6.07, 6.45) is 0. The van der Waals surface area contributed by atoms with Crippen LogP contribution in [-0.4, -0.2) is 24.9 Å². The molecule has 1 radical (unpaired) electrons. The summed E-state index contributed by atoms with van der Waals surface area (Å²) in [5.41, 5.74) is 1.68. The van der Waals surface area contributed by atoms with Gasteiger partial charge in [-0.3, -0.25) is 4.79 Å². The van der Waals surface area contributed by atoms with Crippen LogP contribution >= 0.6 is 38.5 Å². The first-order chi connectivity index (χ1) is 10.6. The summed E-state index contributed by atoms with van der Waals surface area (Å²) < 4.78 is 13.8. The molecular formula is C16H16BrINO3Y-. The van der Waals surface area contributed by atoms with Crippen molar-refractivity contribution in [2.75, 3.05) is 20.3 Å². The van der Waals surface area contributed by atoms with E-state index in [4.69, 9.17) is 9.47 Å². The predicted octanol–water partition coefficient (Wildman–Crippen LogP) is 3.73. The first-order valence-electron chi connectivity index (χ1n) is 6.81. The van der Waals surface area contributed by atoms with Crippen molar-refractivity contribution in [2.24, 2.45) is 0 Å². The van der Waals surface area contributed by atoms with Crippen LogP contribution in [0, 0.1) is 9.64 Å². The monoisotopic (exact) mass is 565 g/mol. The Kier molecular flexibility index (Phi) is 9.52. The van der Waals surface area contributed by atoms with Gasteiger partial charge in [-0.2, -0.15) is 12.1 Å². The van der Waals surface area contributed by atoms with E-state index in [1.165, 1.54) is 0 Å². The van der Waals surface area contributed by atoms with Gasteiger partial charge in [0.25, 0.3) is 0 Å². The second-order valence-electron chi connectivity index (χ2n) is 4.52. The molecule has 0 unspecified atom stereocenters. The van der Waals surface area contributed by atoms with E-state index in [1.807, 2.05) is 47.7 Å². The van der Waals surface area contributed by atoms with Crippen LogP contribution in [0.4, 0.5) is 0 Å².